The summed E-state index contributed by atoms with van der Waals surface area (Å²) in [5.41, 5.74) is 2.40. The Hall–Kier alpha value is -1.31. The molecule has 1 aromatic rings. The van der Waals surface area contributed by atoms with Crippen molar-refractivity contribution in [2.75, 3.05) is 0 Å². The number of aromatic nitrogens is 1. The third kappa shape index (κ3) is 0.692. The van der Waals surface area contributed by atoms with Gasteiger partial charge in [0.2, 0.25) is 12.4 Å². The summed E-state index contributed by atoms with van der Waals surface area (Å²) in [5, 5.41) is 8.99. The smallest absolute Gasteiger partial charge is 0.226 e. The molecule has 0 aliphatic heterocycles. The molecule has 1 aliphatic carbocycles. The van der Waals surface area contributed by atoms with Gasteiger partial charge in [0.05, 0.1) is 0 Å². The number of pyridine rings is 1. The predicted octanol–water partition coefficient (Wildman–Crippen LogP) is 0.781. The quantitative estimate of drug-likeness (QED) is 0.411. The molecule has 0 unspecified atom stereocenters. The topological polar surface area (TPSA) is 24.1 Å². The summed E-state index contributed by atoms with van der Waals surface area (Å²) in [5.74, 6) is 0. The first-order valence-electron chi connectivity index (χ1n) is 3.26. The third-order valence-corrected chi connectivity index (χ3v) is 1.70. The van der Waals surface area contributed by atoms with Gasteiger partial charge in [0.25, 0.3) is 0 Å². The van der Waals surface area contributed by atoms with Crippen molar-refractivity contribution < 1.29 is 9.94 Å². The molecule has 0 bridgehead atoms. The fraction of sp³-hybridized carbons (Fsp3) is 0.125. The van der Waals surface area contributed by atoms with E-state index in [1.54, 1.807) is 12.4 Å². The molecule has 0 radical (unpaired) electrons. The van der Waals surface area contributed by atoms with E-state index in [9.17, 15) is 0 Å². The number of allylic oxidation sites excluding steroid dienone is 1. The molecule has 0 fully saturated rings. The number of rotatable bonds is 0. The lowest BCUT2D eigenvalue weighted by molar-refractivity contribution is -0.905. The van der Waals surface area contributed by atoms with E-state index in [2.05, 4.69) is 12.2 Å². The van der Waals surface area contributed by atoms with Crippen LogP contribution in [0, 0.1) is 0 Å². The minimum Gasteiger partial charge on any atom is -0.285 e. The maximum atomic E-state index is 8.99. The lowest BCUT2D eigenvalue weighted by Gasteiger charge is -1.90. The zero-order valence-electron chi connectivity index (χ0n) is 5.49. The van der Waals surface area contributed by atoms with Gasteiger partial charge in [0, 0.05) is 16.4 Å². The molecule has 0 aromatic carbocycles. The molecule has 1 heterocycles. The van der Waals surface area contributed by atoms with Crippen LogP contribution in [-0.4, -0.2) is 5.21 Å². The molecule has 0 saturated carbocycles. The van der Waals surface area contributed by atoms with Gasteiger partial charge in [-0.3, -0.25) is 5.21 Å². The highest BCUT2D eigenvalue weighted by molar-refractivity contribution is 5.57. The van der Waals surface area contributed by atoms with Gasteiger partial charge in [-0.2, -0.15) is 0 Å². The van der Waals surface area contributed by atoms with Crippen molar-refractivity contribution in [3.63, 3.8) is 0 Å². The van der Waals surface area contributed by atoms with Gasteiger partial charge in [-0.15, -0.1) is 0 Å². The molecule has 0 spiro atoms. The van der Waals surface area contributed by atoms with Gasteiger partial charge in [-0.05, 0) is 12.0 Å². The molecule has 1 N–H and O–H groups in total. The Labute approximate surface area is 59.0 Å². The number of nitrogens with zero attached hydrogens (tertiary/aromatic N) is 1. The van der Waals surface area contributed by atoms with E-state index in [4.69, 9.17) is 5.21 Å². The second-order valence-corrected chi connectivity index (χ2v) is 2.41. The third-order valence-electron chi connectivity index (χ3n) is 1.70. The fourth-order valence-electron chi connectivity index (χ4n) is 1.19. The number of fused-ring (bicyclic) bond motifs is 1. The first kappa shape index (κ1) is 5.47. The highest BCUT2D eigenvalue weighted by atomic mass is 16.5. The lowest BCUT2D eigenvalue weighted by Crippen LogP contribution is -2.29. The van der Waals surface area contributed by atoms with Crippen molar-refractivity contribution >= 4 is 6.08 Å². The van der Waals surface area contributed by atoms with Crippen LogP contribution in [0.1, 0.15) is 11.1 Å². The molecular weight excluding hydrogens is 126 g/mol. The molecule has 0 atom stereocenters. The van der Waals surface area contributed by atoms with Crippen LogP contribution in [0.2, 0.25) is 0 Å². The van der Waals surface area contributed by atoms with Crippen molar-refractivity contribution in [1.29, 1.82) is 0 Å². The minimum atomic E-state index is 0.941. The molecular formula is C8H8NO+. The standard InChI is InChI=1S/C8H8NO/c10-9-5-4-7-2-1-3-8(7)6-9/h1-2,4-6,10H,3H2/q+1. The maximum Gasteiger partial charge on any atom is 0.226 e. The monoisotopic (exact) mass is 134 g/mol. The second kappa shape index (κ2) is 1.84. The van der Waals surface area contributed by atoms with E-state index in [-0.39, 0.29) is 0 Å². The zero-order chi connectivity index (χ0) is 6.97. The Morgan fingerprint density at radius 1 is 1.50 bits per heavy atom. The van der Waals surface area contributed by atoms with E-state index < -0.39 is 0 Å². The van der Waals surface area contributed by atoms with Gasteiger partial charge in [0.1, 0.15) is 0 Å². The van der Waals surface area contributed by atoms with E-state index >= 15 is 0 Å². The van der Waals surface area contributed by atoms with Crippen molar-refractivity contribution in [3.05, 3.63) is 35.7 Å². The Morgan fingerprint density at radius 3 is 3.30 bits per heavy atom. The maximum absolute atomic E-state index is 8.99. The lowest BCUT2D eigenvalue weighted by atomic mass is 10.2. The minimum absolute atomic E-state index is 0.941. The first-order chi connectivity index (χ1) is 4.86. The van der Waals surface area contributed by atoms with Crippen LogP contribution in [0.5, 0.6) is 0 Å². The van der Waals surface area contributed by atoms with Crippen LogP contribution in [0.25, 0.3) is 6.08 Å². The molecule has 10 heavy (non-hydrogen) atoms. The highest BCUT2D eigenvalue weighted by Crippen LogP contribution is 2.15. The SMILES string of the molecule is O[n+]1ccc2c(c1)CC=C2. The number of hydrogen-bond acceptors (Lipinski definition) is 1. The molecule has 0 saturated heterocycles. The summed E-state index contributed by atoms with van der Waals surface area (Å²) in [6, 6.07) is 1.90. The van der Waals surface area contributed by atoms with Gasteiger partial charge in [-0.1, -0.05) is 12.2 Å². The molecule has 2 heteroatoms. The van der Waals surface area contributed by atoms with E-state index in [0.29, 0.717) is 0 Å². The van der Waals surface area contributed by atoms with E-state index in [0.717, 1.165) is 11.2 Å². The highest BCUT2D eigenvalue weighted by Gasteiger charge is 2.08. The van der Waals surface area contributed by atoms with E-state index in [1.807, 2.05) is 6.07 Å². The van der Waals surface area contributed by atoms with Gasteiger partial charge >= 0.3 is 0 Å². The van der Waals surface area contributed by atoms with Crippen molar-refractivity contribution in [2.24, 2.45) is 0 Å². The van der Waals surface area contributed by atoms with Crippen LogP contribution >= 0.6 is 0 Å². The molecule has 2 nitrogen and oxygen atoms in total. The second-order valence-electron chi connectivity index (χ2n) is 2.41. The zero-order valence-corrected chi connectivity index (χ0v) is 5.49. The predicted molar refractivity (Wildman–Crippen MR) is 36.6 cm³/mol. The Balaban J connectivity index is 2.59. The van der Waals surface area contributed by atoms with E-state index in [1.165, 1.54) is 11.1 Å². The summed E-state index contributed by atoms with van der Waals surface area (Å²) < 4.78 is 1.09. The average molecular weight is 134 g/mol. The Kier molecular flexibility index (Phi) is 1.01. The Bertz CT molecular complexity index is 291. The van der Waals surface area contributed by atoms with Crippen LogP contribution in [0.4, 0.5) is 0 Å². The first-order valence-corrected chi connectivity index (χ1v) is 3.26. The summed E-state index contributed by atoms with van der Waals surface area (Å²) in [7, 11) is 0. The summed E-state index contributed by atoms with van der Waals surface area (Å²) in [6.45, 7) is 0. The molecule has 2 rings (SSSR count). The van der Waals surface area contributed by atoms with Crippen LogP contribution in [-0.2, 0) is 6.42 Å². The van der Waals surface area contributed by atoms with Crippen molar-refractivity contribution in [2.45, 2.75) is 6.42 Å². The van der Waals surface area contributed by atoms with Crippen LogP contribution < -0.4 is 4.73 Å². The van der Waals surface area contributed by atoms with Gasteiger partial charge in [-0.25, -0.2) is 0 Å². The summed E-state index contributed by atoms with van der Waals surface area (Å²) in [6.07, 6.45) is 8.46. The van der Waals surface area contributed by atoms with Gasteiger partial charge in [0.15, 0.2) is 0 Å². The number of hydrogen-bond donors (Lipinski definition) is 1. The van der Waals surface area contributed by atoms with Crippen molar-refractivity contribution in [3.8, 4) is 0 Å². The molecule has 0 amide bonds. The largest absolute Gasteiger partial charge is 0.285 e. The van der Waals surface area contributed by atoms with Gasteiger partial charge < -0.3 is 0 Å². The average Bonchev–Trinajstić information content (AvgIpc) is 2.33. The van der Waals surface area contributed by atoms with Crippen LogP contribution in [0.3, 0.4) is 0 Å². The summed E-state index contributed by atoms with van der Waals surface area (Å²) >= 11 is 0. The summed E-state index contributed by atoms with van der Waals surface area (Å²) in [4.78, 5) is 0. The van der Waals surface area contributed by atoms with Crippen LogP contribution in [0.15, 0.2) is 24.5 Å². The normalized spacial score (nSPS) is 13.6. The Morgan fingerprint density at radius 2 is 2.40 bits per heavy atom. The fourth-order valence-corrected chi connectivity index (χ4v) is 1.19. The molecule has 50 valence electrons. The van der Waals surface area contributed by atoms with Crippen molar-refractivity contribution in [1.82, 2.24) is 0 Å². The molecule has 1 aromatic heterocycles. The molecule has 1 aliphatic rings.